The van der Waals surface area contributed by atoms with Gasteiger partial charge in [0.15, 0.2) is 0 Å². The SMILES string of the molecule is CCN1CCN(CC(O)COc2ccc(-c3ccccc3)cc2)CC1.Cl.Cl. The van der Waals surface area contributed by atoms with Crippen molar-refractivity contribution in [2.75, 3.05) is 45.9 Å². The van der Waals surface area contributed by atoms with Crippen molar-refractivity contribution < 1.29 is 9.84 Å². The molecule has 0 saturated carbocycles. The van der Waals surface area contributed by atoms with Gasteiger partial charge >= 0.3 is 0 Å². The zero-order chi connectivity index (χ0) is 17.5. The highest BCUT2D eigenvalue weighted by Gasteiger charge is 2.18. The minimum absolute atomic E-state index is 0. The molecule has 0 aliphatic carbocycles. The maximum absolute atomic E-state index is 10.2. The molecule has 4 nitrogen and oxygen atoms in total. The van der Waals surface area contributed by atoms with Gasteiger partial charge in [-0.05, 0) is 29.8 Å². The lowest BCUT2D eigenvalue weighted by Gasteiger charge is -2.34. The molecule has 1 aliphatic rings. The predicted octanol–water partition coefficient (Wildman–Crippen LogP) is 3.57. The average Bonchev–Trinajstić information content (AvgIpc) is 2.68. The molecule has 6 heteroatoms. The Morgan fingerprint density at radius 2 is 1.41 bits per heavy atom. The Labute approximate surface area is 175 Å². The van der Waals surface area contributed by atoms with Crippen molar-refractivity contribution in [2.45, 2.75) is 13.0 Å². The fraction of sp³-hybridized carbons (Fsp3) is 0.429. The van der Waals surface area contributed by atoms with Gasteiger partial charge in [-0.3, -0.25) is 4.90 Å². The number of halogens is 2. The third-order valence-corrected chi connectivity index (χ3v) is 4.78. The first-order valence-corrected chi connectivity index (χ1v) is 9.15. The Morgan fingerprint density at radius 1 is 0.852 bits per heavy atom. The quantitative estimate of drug-likeness (QED) is 0.753. The van der Waals surface area contributed by atoms with E-state index in [0.29, 0.717) is 13.2 Å². The van der Waals surface area contributed by atoms with E-state index in [1.54, 1.807) is 0 Å². The van der Waals surface area contributed by atoms with Gasteiger partial charge in [0, 0.05) is 32.7 Å². The van der Waals surface area contributed by atoms with Crippen LogP contribution in [0, 0.1) is 0 Å². The summed E-state index contributed by atoms with van der Waals surface area (Å²) in [4.78, 5) is 4.76. The number of nitrogens with zero attached hydrogens (tertiary/aromatic N) is 2. The maximum atomic E-state index is 10.2. The van der Waals surface area contributed by atoms with Crippen LogP contribution in [0.3, 0.4) is 0 Å². The van der Waals surface area contributed by atoms with Gasteiger partial charge in [0.1, 0.15) is 18.5 Å². The van der Waals surface area contributed by atoms with Crippen LogP contribution in [-0.4, -0.2) is 66.9 Å². The van der Waals surface area contributed by atoms with Crippen molar-refractivity contribution in [1.29, 1.82) is 0 Å². The second kappa shape index (κ2) is 12.2. The molecule has 2 aromatic rings. The summed E-state index contributed by atoms with van der Waals surface area (Å²) in [5.74, 6) is 0.800. The zero-order valence-electron chi connectivity index (χ0n) is 15.8. The van der Waals surface area contributed by atoms with Crippen molar-refractivity contribution in [3.63, 3.8) is 0 Å². The molecule has 1 aliphatic heterocycles. The summed E-state index contributed by atoms with van der Waals surface area (Å²) >= 11 is 0. The van der Waals surface area contributed by atoms with Gasteiger partial charge in [-0.25, -0.2) is 0 Å². The summed E-state index contributed by atoms with van der Waals surface area (Å²) in [7, 11) is 0. The average molecular weight is 413 g/mol. The largest absolute Gasteiger partial charge is 0.491 e. The van der Waals surface area contributed by atoms with Crippen molar-refractivity contribution in [2.24, 2.45) is 0 Å². The number of hydrogen-bond acceptors (Lipinski definition) is 4. The van der Waals surface area contributed by atoms with Crippen LogP contribution in [0.25, 0.3) is 11.1 Å². The topological polar surface area (TPSA) is 35.9 Å². The third-order valence-electron chi connectivity index (χ3n) is 4.78. The fourth-order valence-electron chi connectivity index (χ4n) is 3.21. The van der Waals surface area contributed by atoms with E-state index in [4.69, 9.17) is 4.74 Å². The molecule has 0 spiro atoms. The van der Waals surface area contributed by atoms with Crippen molar-refractivity contribution in [3.05, 3.63) is 54.6 Å². The van der Waals surface area contributed by atoms with Gasteiger partial charge < -0.3 is 14.7 Å². The second-order valence-electron chi connectivity index (χ2n) is 6.59. The lowest BCUT2D eigenvalue weighted by atomic mass is 10.1. The number of ether oxygens (including phenoxy) is 1. The van der Waals surface area contributed by atoms with Gasteiger partial charge in [0.05, 0.1) is 0 Å². The van der Waals surface area contributed by atoms with Crippen molar-refractivity contribution in [3.8, 4) is 16.9 Å². The van der Waals surface area contributed by atoms with E-state index in [1.165, 1.54) is 11.1 Å². The predicted molar refractivity (Wildman–Crippen MR) is 116 cm³/mol. The van der Waals surface area contributed by atoms with Crippen LogP contribution in [0.15, 0.2) is 54.6 Å². The number of hydrogen-bond donors (Lipinski definition) is 1. The first-order valence-electron chi connectivity index (χ1n) is 9.15. The summed E-state index contributed by atoms with van der Waals surface area (Å²) in [6.45, 7) is 8.54. The van der Waals surface area contributed by atoms with Crippen molar-refractivity contribution in [1.82, 2.24) is 9.80 Å². The minimum atomic E-state index is -0.457. The van der Waals surface area contributed by atoms with Gasteiger partial charge in [-0.1, -0.05) is 49.4 Å². The van der Waals surface area contributed by atoms with E-state index in [-0.39, 0.29) is 24.8 Å². The van der Waals surface area contributed by atoms with Crippen LogP contribution < -0.4 is 4.74 Å². The van der Waals surface area contributed by atoms with Crippen LogP contribution in [0.5, 0.6) is 5.75 Å². The summed E-state index contributed by atoms with van der Waals surface area (Å²) in [6.07, 6.45) is -0.457. The molecule has 0 radical (unpaired) electrons. The monoisotopic (exact) mass is 412 g/mol. The first kappa shape index (κ1) is 23.7. The van der Waals surface area contributed by atoms with E-state index in [1.807, 2.05) is 30.3 Å². The molecule has 0 aromatic heterocycles. The number of β-amino-alcohol motifs (C(OH)–C–C–N with tert-alkyl or cyclic N) is 1. The molecule has 0 bridgehead atoms. The lowest BCUT2D eigenvalue weighted by molar-refractivity contribution is 0.0471. The molecule has 1 saturated heterocycles. The second-order valence-corrected chi connectivity index (χ2v) is 6.59. The number of likely N-dealkylation sites (N-methyl/N-ethyl adjacent to an activating group) is 1. The molecule has 1 fully saturated rings. The van der Waals surface area contributed by atoms with E-state index in [9.17, 15) is 5.11 Å². The lowest BCUT2D eigenvalue weighted by Crippen LogP contribution is -2.49. The molecular formula is C21H30Cl2N2O2. The van der Waals surface area contributed by atoms with Crippen LogP contribution in [-0.2, 0) is 0 Å². The first-order chi connectivity index (χ1) is 12.2. The van der Waals surface area contributed by atoms with Gasteiger partial charge in [0.25, 0.3) is 0 Å². The molecular weight excluding hydrogens is 383 g/mol. The number of aliphatic hydroxyl groups excluding tert-OH is 1. The van der Waals surface area contributed by atoms with E-state index < -0.39 is 6.10 Å². The minimum Gasteiger partial charge on any atom is -0.491 e. The van der Waals surface area contributed by atoms with E-state index >= 15 is 0 Å². The molecule has 3 rings (SSSR count). The highest BCUT2D eigenvalue weighted by Crippen LogP contribution is 2.22. The summed E-state index contributed by atoms with van der Waals surface area (Å²) in [5, 5.41) is 10.2. The Bertz CT molecular complexity index is 632. The molecule has 150 valence electrons. The standard InChI is InChI=1S/C21H28N2O2.2ClH/c1-2-22-12-14-23(15-13-22)16-20(24)17-25-21-10-8-19(9-11-21)18-6-4-3-5-7-18;;/h3-11,20,24H,2,12-17H2,1H3;2*1H. The van der Waals surface area contributed by atoms with Gasteiger partial charge in [-0.2, -0.15) is 0 Å². The van der Waals surface area contributed by atoms with Crippen LogP contribution in [0.2, 0.25) is 0 Å². The normalized spacial score (nSPS) is 16.1. The summed E-state index contributed by atoms with van der Waals surface area (Å²) in [6, 6.07) is 18.3. The maximum Gasteiger partial charge on any atom is 0.119 e. The van der Waals surface area contributed by atoms with Crippen LogP contribution in [0.1, 0.15) is 6.92 Å². The van der Waals surface area contributed by atoms with Gasteiger partial charge in [-0.15, -0.1) is 24.8 Å². The zero-order valence-corrected chi connectivity index (χ0v) is 17.4. The Balaban J connectivity index is 0.00000182. The van der Waals surface area contributed by atoms with Gasteiger partial charge in [0.2, 0.25) is 0 Å². The van der Waals surface area contributed by atoms with E-state index in [0.717, 1.165) is 38.5 Å². The number of piperazine rings is 1. The molecule has 27 heavy (non-hydrogen) atoms. The van der Waals surface area contributed by atoms with Crippen molar-refractivity contribution >= 4 is 24.8 Å². The number of aliphatic hydroxyl groups is 1. The Morgan fingerprint density at radius 3 is 2.00 bits per heavy atom. The molecule has 1 N–H and O–H groups in total. The molecule has 0 amide bonds. The molecule has 1 heterocycles. The van der Waals surface area contributed by atoms with E-state index in [2.05, 4.69) is 41.0 Å². The highest BCUT2D eigenvalue weighted by molar-refractivity contribution is 5.85. The third kappa shape index (κ3) is 7.32. The highest BCUT2D eigenvalue weighted by atomic mass is 35.5. The van der Waals surface area contributed by atoms with Crippen LogP contribution >= 0.6 is 24.8 Å². The Hall–Kier alpha value is -1.30. The molecule has 2 aromatic carbocycles. The number of rotatable bonds is 7. The number of benzene rings is 2. The Kier molecular flexibility index (Phi) is 10.7. The molecule has 1 unspecified atom stereocenters. The molecule has 1 atom stereocenters. The summed E-state index contributed by atoms with van der Waals surface area (Å²) < 4.78 is 5.76. The smallest absolute Gasteiger partial charge is 0.119 e. The fourth-order valence-corrected chi connectivity index (χ4v) is 3.21. The summed E-state index contributed by atoms with van der Waals surface area (Å²) in [5.41, 5.74) is 2.36. The van der Waals surface area contributed by atoms with Crippen LogP contribution in [0.4, 0.5) is 0 Å².